The number of anilines is 1. The number of carbonyl (C=O) groups is 2. The van der Waals surface area contributed by atoms with E-state index in [-0.39, 0.29) is 16.7 Å². The predicted molar refractivity (Wildman–Crippen MR) is 126 cm³/mol. The molecule has 1 fully saturated rings. The first-order valence-electron chi connectivity index (χ1n) is 10.7. The Kier molecular flexibility index (Phi) is 5.59. The molecule has 5 rings (SSSR count). The number of fused-ring (bicyclic) bond motifs is 1. The van der Waals surface area contributed by atoms with Crippen molar-refractivity contribution in [2.45, 2.75) is 30.8 Å². The molecule has 0 spiro atoms. The molecule has 2 heterocycles. The fourth-order valence-corrected chi connectivity index (χ4v) is 4.98. The molecular formula is C25H20FN3O4S. The molecule has 7 nitrogen and oxygen atoms in total. The first-order valence-corrected chi connectivity index (χ1v) is 11.5. The molecule has 9 heteroatoms. The highest BCUT2D eigenvalue weighted by atomic mass is 32.1. The fraction of sp³-hybridized carbons (Fsp3) is 0.200. The number of benzene rings is 2. The van der Waals surface area contributed by atoms with Crippen molar-refractivity contribution >= 4 is 39.2 Å². The lowest BCUT2D eigenvalue weighted by atomic mass is 9.92. The molecule has 4 aromatic rings. The van der Waals surface area contributed by atoms with Gasteiger partial charge in [0.25, 0.3) is 0 Å². The molecule has 0 unspecified atom stereocenters. The van der Waals surface area contributed by atoms with Gasteiger partial charge in [-0.1, -0.05) is 41.7 Å². The summed E-state index contributed by atoms with van der Waals surface area (Å²) in [4.78, 5) is 32.7. The van der Waals surface area contributed by atoms with Gasteiger partial charge in [0.1, 0.15) is 21.2 Å². The Hall–Kier alpha value is -3.69. The van der Waals surface area contributed by atoms with Crippen LogP contribution in [0.5, 0.6) is 0 Å². The molecule has 0 saturated heterocycles. The van der Waals surface area contributed by atoms with Gasteiger partial charge >= 0.3 is 5.97 Å². The van der Waals surface area contributed by atoms with Crippen LogP contribution in [0.15, 0.2) is 60.7 Å². The standard InChI is InChI=1S/C25H20FN3O4S/c26-17-12-15(27-21(31)13-19(30)24(32)33)6-7-16(17)22-28-18-8-9-20(29-23(18)34-22)25(10-11-25)14-4-2-1-3-5-14/h1-9,12,19,30H,10-11,13H2,(H,27,31)(H,32,33)/t19-/m1/s1. The van der Waals surface area contributed by atoms with Gasteiger partial charge < -0.3 is 15.5 Å². The molecule has 2 aromatic carbocycles. The number of nitrogens with one attached hydrogen (secondary N) is 1. The fourth-order valence-electron chi connectivity index (χ4n) is 4.01. The van der Waals surface area contributed by atoms with E-state index in [1.807, 2.05) is 30.3 Å². The van der Waals surface area contributed by atoms with E-state index in [2.05, 4.69) is 22.4 Å². The number of carboxylic acid groups (broad SMARTS) is 1. The third kappa shape index (κ3) is 4.15. The van der Waals surface area contributed by atoms with Crippen LogP contribution in [-0.2, 0) is 15.0 Å². The topological polar surface area (TPSA) is 112 Å². The zero-order chi connectivity index (χ0) is 23.9. The van der Waals surface area contributed by atoms with Gasteiger partial charge in [0.15, 0.2) is 6.10 Å². The normalized spacial score (nSPS) is 15.1. The molecule has 34 heavy (non-hydrogen) atoms. The number of carboxylic acids is 1. The first-order chi connectivity index (χ1) is 16.4. The number of aliphatic hydroxyl groups is 1. The molecule has 1 amide bonds. The number of rotatable bonds is 7. The lowest BCUT2D eigenvalue weighted by molar-refractivity contribution is -0.148. The van der Waals surface area contributed by atoms with Crippen LogP contribution in [0.25, 0.3) is 20.9 Å². The molecule has 1 saturated carbocycles. The molecule has 172 valence electrons. The maximum atomic E-state index is 14.9. The van der Waals surface area contributed by atoms with Crippen LogP contribution in [0.1, 0.15) is 30.5 Å². The minimum Gasteiger partial charge on any atom is -0.479 e. The van der Waals surface area contributed by atoms with Crippen molar-refractivity contribution in [2.24, 2.45) is 0 Å². The van der Waals surface area contributed by atoms with Crippen LogP contribution < -0.4 is 5.32 Å². The molecular weight excluding hydrogens is 457 g/mol. The van der Waals surface area contributed by atoms with Gasteiger partial charge in [0, 0.05) is 16.7 Å². The second-order valence-electron chi connectivity index (χ2n) is 8.29. The van der Waals surface area contributed by atoms with Crippen molar-refractivity contribution < 1.29 is 24.2 Å². The summed E-state index contributed by atoms with van der Waals surface area (Å²) in [6, 6.07) is 18.4. The maximum absolute atomic E-state index is 14.9. The summed E-state index contributed by atoms with van der Waals surface area (Å²) in [5.74, 6) is -2.81. The third-order valence-electron chi connectivity index (χ3n) is 5.97. The van der Waals surface area contributed by atoms with E-state index in [4.69, 9.17) is 10.1 Å². The summed E-state index contributed by atoms with van der Waals surface area (Å²) >= 11 is 1.30. The van der Waals surface area contributed by atoms with Gasteiger partial charge in [0.2, 0.25) is 5.91 Å². The monoisotopic (exact) mass is 477 g/mol. The van der Waals surface area contributed by atoms with E-state index in [0.717, 1.165) is 29.4 Å². The van der Waals surface area contributed by atoms with Gasteiger partial charge in [-0.15, -0.1) is 0 Å². The zero-order valence-electron chi connectivity index (χ0n) is 17.9. The van der Waals surface area contributed by atoms with Gasteiger partial charge in [-0.3, -0.25) is 4.79 Å². The van der Waals surface area contributed by atoms with Gasteiger partial charge in [-0.05, 0) is 48.7 Å². The number of aliphatic carboxylic acids is 1. The zero-order valence-corrected chi connectivity index (χ0v) is 18.7. The summed E-state index contributed by atoms with van der Waals surface area (Å²) in [7, 11) is 0. The smallest absolute Gasteiger partial charge is 0.333 e. The predicted octanol–water partition coefficient (Wildman–Crippen LogP) is 4.35. The Balaban J connectivity index is 1.38. The summed E-state index contributed by atoms with van der Waals surface area (Å²) in [6.45, 7) is 0. The van der Waals surface area contributed by atoms with Gasteiger partial charge in [-0.25, -0.2) is 19.2 Å². The lowest BCUT2D eigenvalue weighted by Crippen LogP contribution is -2.26. The van der Waals surface area contributed by atoms with Crippen molar-refractivity contribution in [3.8, 4) is 10.6 Å². The number of hydrogen-bond acceptors (Lipinski definition) is 6. The average Bonchev–Trinajstić information content (AvgIpc) is 3.52. The maximum Gasteiger partial charge on any atom is 0.333 e. The van der Waals surface area contributed by atoms with Crippen LogP contribution in [0.4, 0.5) is 10.1 Å². The minimum atomic E-state index is -1.82. The highest BCUT2D eigenvalue weighted by Gasteiger charge is 2.47. The Morgan fingerprint density at radius 2 is 1.85 bits per heavy atom. The minimum absolute atomic E-state index is 0.0705. The number of hydrogen-bond donors (Lipinski definition) is 3. The number of nitrogens with zero attached hydrogens (tertiary/aromatic N) is 2. The van der Waals surface area contributed by atoms with Gasteiger partial charge in [-0.2, -0.15) is 0 Å². The van der Waals surface area contributed by atoms with Gasteiger partial charge in [0.05, 0.1) is 12.1 Å². The van der Waals surface area contributed by atoms with E-state index >= 15 is 0 Å². The molecule has 2 aromatic heterocycles. The summed E-state index contributed by atoms with van der Waals surface area (Å²) in [5.41, 5.74) is 3.28. The number of aliphatic hydroxyl groups excluding tert-OH is 1. The molecule has 0 bridgehead atoms. The number of thiazole rings is 1. The quantitative estimate of drug-likeness (QED) is 0.365. The Morgan fingerprint density at radius 3 is 2.53 bits per heavy atom. The Labute approximate surface area is 197 Å². The van der Waals surface area contributed by atoms with Crippen molar-refractivity contribution in [3.05, 3.63) is 77.7 Å². The average molecular weight is 478 g/mol. The lowest BCUT2D eigenvalue weighted by Gasteiger charge is -2.14. The van der Waals surface area contributed by atoms with Crippen molar-refractivity contribution in [2.75, 3.05) is 5.32 Å². The van der Waals surface area contributed by atoms with Crippen LogP contribution in [0.2, 0.25) is 0 Å². The summed E-state index contributed by atoms with van der Waals surface area (Å²) in [6.07, 6.45) is -0.380. The number of halogens is 1. The molecule has 0 aliphatic heterocycles. The van der Waals surface area contributed by atoms with E-state index in [1.165, 1.54) is 29.0 Å². The third-order valence-corrected chi connectivity index (χ3v) is 6.97. The number of aromatic nitrogens is 2. The van der Waals surface area contributed by atoms with Crippen LogP contribution in [-0.4, -0.2) is 38.2 Å². The molecule has 0 radical (unpaired) electrons. The van der Waals surface area contributed by atoms with E-state index in [0.29, 0.717) is 10.5 Å². The summed E-state index contributed by atoms with van der Waals surface area (Å²) < 4.78 is 14.9. The van der Waals surface area contributed by atoms with E-state index < -0.39 is 30.2 Å². The van der Waals surface area contributed by atoms with Crippen LogP contribution in [0.3, 0.4) is 0 Å². The first kappa shape index (κ1) is 22.1. The second-order valence-corrected chi connectivity index (χ2v) is 9.27. The molecule has 1 aliphatic carbocycles. The van der Waals surface area contributed by atoms with Crippen LogP contribution in [0, 0.1) is 5.82 Å². The highest BCUT2D eigenvalue weighted by molar-refractivity contribution is 7.21. The molecule has 1 atom stereocenters. The van der Waals surface area contributed by atoms with E-state index in [1.54, 1.807) is 0 Å². The van der Waals surface area contributed by atoms with Crippen molar-refractivity contribution in [1.29, 1.82) is 0 Å². The van der Waals surface area contributed by atoms with Crippen molar-refractivity contribution in [3.63, 3.8) is 0 Å². The number of pyridine rings is 1. The summed E-state index contributed by atoms with van der Waals surface area (Å²) in [5, 5.41) is 20.8. The second kappa shape index (κ2) is 8.58. The van der Waals surface area contributed by atoms with Crippen molar-refractivity contribution in [1.82, 2.24) is 9.97 Å². The Bertz CT molecular complexity index is 1400. The Morgan fingerprint density at radius 1 is 1.09 bits per heavy atom. The van der Waals surface area contributed by atoms with Crippen LogP contribution >= 0.6 is 11.3 Å². The highest BCUT2D eigenvalue weighted by Crippen LogP contribution is 2.53. The van der Waals surface area contributed by atoms with E-state index in [9.17, 15) is 19.1 Å². The number of carbonyl (C=O) groups excluding carboxylic acids is 1. The SMILES string of the molecule is O=C(C[C@@H](O)C(=O)O)Nc1ccc(-c2nc3ccc(C4(c5ccccc5)CC4)nc3s2)c(F)c1. The molecule has 3 N–H and O–H groups in total. The number of amides is 1. The molecule has 1 aliphatic rings. The largest absolute Gasteiger partial charge is 0.479 e.